The van der Waals surface area contributed by atoms with Crippen LogP contribution in [0.2, 0.25) is 0 Å². The van der Waals surface area contributed by atoms with Crippen LogP contribution in [0.25, 0.3) is 22.2 Å². The zero-order valence-electron chi connectivity index (χ0n) is 17.7. The molecule has 0 radical (unpaired) electrons. The van der Waals surface area contributed by atoms with Gasteiger partial charge in [0.2, 0.25) is 0 Å². The fourth-order valence-corrected chi connectivity index (χ4v) is 5.27. The van der Waals surface area contributed by atoms with Gasteiger partial charge < -0.3 is 14.2 Å². The topological polar surface area (TPSA) is 83.8 Å². The van der Waals surface area contributed by atoms with Crippen LogP contribution in [0.1, 0.15) is 10.4 Å². The van der Waals surface area contributed by atoms with Crippen LogP contribution in [0.3, 0.4) is 0 Å². The molecule has 164 valence electrons. The first kappa shape index (κ1) is 21.5. The van der Waals surface area contributed by atoms with Gasteiger partial charge in [-0.1, -0.05) is 18.2 Å². The molecule has 0 fully saturated rings. The Balaban J connectivity index is 2.17. The zero-order chi connectivity index (χ0) is 22.9. The molecule has 7 nitrogen and oxygen atoms in total. The summed E-state index contributed by atoms with van der Waals surface area (Å²) in [6.07, 6.45) is 0.662. The van der Waals surface area contributed by atoms with E-state index in [0.717, 1.165) is 0 Å². The first-order valence-corrected chi connectivity index (χ1v) is 11.1. The van der Waals surface area contributed by atoms with E-state index in [2.05, 4.69) is 0 Å². The highest BCUT2D eigenvalue weighted by Crippen LogP contribution is 2.43. The Hall–Kier alpha value is -3.78. The van der Waals surface area contributed by atoms with Gasteiger partial charge in [0.05, 0.1) is 43.0 Å². The molecule has 0 aliphatic carbocycles. The second kappa shape index (κ2) is 8.39. The molecule has 0 spiro atoms. The molecule has 0 saturated carbocycles. The van der Waals surface area contributed by atoms with Gasteiger partial charge in [-0.3, -0.25) is 4.79 Å². The van der Waals surface area contributed by atoms with Crippen molar-refractivity contribution in [1.82, 2.24) is 3.97 Å². The number of hydrogen-bond donors (Lipinski definition) is 0. The lowest BCUT2D eigenvalue weighted by atomic mass is 10.0. The highest BCUT2D eigenvalue weighted by molar-refractivity contribution is 7.90. The van der Waals surface area contributed by atoms with Crippen LogP contribution in [0.4, 0.5) is 0 Å². The normalized spacial score (nSPS) is 11.3. The van der Waals surface area contributed by atoms with E-state index < -0.39 is 10.0 Å². The quantitative estimate of drug-likeness (QED) is 0.388. The highest BCUT2D eigenvalue weighted by atomic mass is 32.2. The number of benzene rings is 3. The SMILES string of the molecule is COc1ccc2c(c1)cc(-c1c(C=O)ccc(OC)c1OC)n2S(=O)(=O)c1ccccc1. The summed E-state index contributed by atoms with van der Waals surface area (Å²) in [6, 6.07) is 18.1. The number of fused-ring (bicyclic) bond motifs is 1. The number of ether oxygens (including phenoxy) is 3. The Bertz CT molecular complexity index is 1410. The summed E-state index contributed by atoms with van der Waals surface area (Å²) in [7, 11) is 0.428. The predicted molar refractivity (Wildman–Crippen MR) is 121 cm³/mol. The molecule has 1 heterocycles. The first-order valence-electron chi connectivity index (χ1n) is 9.67. The van der Waals surface area contributed by atoms with Crippen molar-refractivity contribution >= 4 is 27.2 Å². The lowest BCUT2D eigenvalue weighted by Crippen LogP contribution is -2.15. The van der Waals surface area contributed by atoms with E-state index >= 15 is 0 Å². The van der Waals surface area contributed by atoms with Crippen LogP contribution in [-0.4, -0.2) is 40.0 Å². The number of nitrogens with zero attached hydrogens (tertiary/aromatic N) is 1. The summed E-state index contributed by atoms with van der Waals surface area (Å²) >= 11 is 0. The minimum atomic E-state index is -4.03. The second-order valence-electron chi connectivity index (χ2n) is 6.92. The lowest BCUT2D eigenvalue weighted by Gasteiger charge is -2.17. The third-order valence-electron chi connectivity index (χ3n) is 5.21. The van der Waals surface area contributed by atoms with Gasteiger partial charge in [0.25, 0.3) is 10.0 Å². The van der Waals surface area contributed by atoms with Crippen molar-refractivity contribution in [2.75, 3.05) is 21.3 Å². The Labute approximate surface area is 185 Å². The van der Waals surface area contributed by atoms with E-state index in [-0.39, 0.29) is 21.9 Å². The minimum Gasteiger partial charge on any atom is -0.497 e. The summed E-state index contributed by atoms with van der Waals surface area (Å²) < 4.78 is 45.1. The van der Waals surface area contributed by atoms with Gasteiger partial charge >= 0.3 is 0 Å². The zero-order valence-corrected chi connectivity index (χ0v) is 18.5. The Morgan fingerprint density at radius 2 is 1.59 bits per heavy atom. The molecule has 4 aromatic rings. The summed E-state index contributed by atoms with van der Waals surface area (Å²) in [4.78, 5) is 12.1. The molecule has 4 rings (SSSR count). The third kappa shape index (κ3) is 3.38. The maximum Gasteiger partial charge on any atom is 0.268 e. The smallest absolute Gasteiger partial charge is 0.268 e. The summed E-state index contributed by atoms with van der Waals surface area (Å²) in [5, 5.41) is 0.626. The van der Waals surface area contributed by atoms with Gasteiger partial charge in [0.15, 0.2) is 17.8 Å². The predicted octanol–water partition coefficient (Wildman–Crippen LogP) is 4.38. The van der Waals surface area contributed by atoms with Gasteiger partial charge in [-0.05, 0) is 48.5 Å². The molecule has 32 heavy (non-hydrogen) atoms. The molecule has 0 aliphatic rings. The molecule has 0 N–H and O–H groups in total. The fraction of sp³-hybridized carbons (Fsp3) is 0.125. The Morgan fingerprint density at radius 1 is 0.844 bits per heavy atom. The number of carbonyl (C=O) groups is 1. The number of hydrogen-bond acceptors (Lipinski definition) is 6. The molecule has 1 aromatic heterocycles. The van der Waals surface area contributed by atoms with E-state index in [1.54, 1.807) is 54.6 Å². The van der Waals surface area contributed by atoms with Crippen LogP contribution in [-0.2, 0) is 10.0 Å². The van der Waals surface area contributed by atoms with E-state index in [1.807, 2.05) is 0 Å². The van der Waals surface area contributed by atoms with E-state index in [0.29, 0.717) is 34.3 Å². The van der Waals surface area contributed by atoms with Crippen LogP contribution in [0.15, 0.2) is 71.6 Å². The number of aromatic nitrogens is 1. The van der Waals surface area contributed by atoms with Gasteiger partial charge in [-0.15, -0.1) is 0 Å². The minimum absolute atomic E-state index is 0.115. The van der Waals surface area contributed by atoms with E-state index in [4.69, 9.17) is 14.2 Å². The van der Waals surface area contributed by atoms with Crippen LogP contribution in [0.5, 0.6) is 17.2 Å². The van der Waals surface area contributed by atoms with Crippen molar-refractivity contribution < 1.29 is 27.4 Å². The van der Waals surface area contributed by atoms with Crippen LogP contribution >= 0.6 is 0 Å². The van der Waals surface area contributed by atoms with E-state index in [9.17, 15) is 13.2 Å². The molecule has 0 unspecified atom stereocenters. The molecular formula is C24H21NO6S. The molecule has 0 amide bonds. The van der Waals surface area contributed by atoms with Crippen molar-refractivity contribution in [3.63, 3.8) is 0 Å². The fourth-order valence-electron chi connectivity index (χ4n) is 3.73. The monoisotopic (exact) mass is 451 g/mol. The molecule has 3 aromatic carbocycles. The van der Waals surface area contributed by atoms with Gasteiger partial charge in [-0.2, -0.15) is 0 Å². The maximum absolute atomic E-state index is 13.8. The van der Waals surface area contributed by atoms with Crippen LogP contribution in [0, 0.1) is 0 Å². The summed E-state index contributed by atoms with van der Waals surface area (Å²) in [5.41, 5.74) is 1.29. The maximum atomic E-state index is 13.8. The molecular weight excluding hydrogens is 430 g/mol. The second-order valence-corrected chi connectivity index (χ2v) is 8.71. The number of methoxy groups -OCH3 is 3. The molecule has 0 aliphatic heterocycles. The number of carbonyl (C=O) groups excluding carboxylic acids is 1. The Morgan fingerprint density at radius 3 is 2.22 bits per heavy atom. The molecule has 0 atom stereocenters. The van der Waals surface area contributed by atoms with Gasteiger partial charge in [0, 0.05) is 10.9 Å². The van der Waals surface area contributed by atoms with Gasteiger partial charge in [-0.25, -0.2) is 12.4 Å². The van der Waals surface area contributed by atoms with Crippen molar-refractivity contribution in [1.29, 1.82) is 0 Å². The van der Waals surface area contributed by atoms with Gasteiger partial charge in [0.1, 0.15) is 5.75 Å². The molecule has 0 bridgehead atoms. The molecule has 8 heteroatoms. The summed E-state index contributed by atoms with van der Waals surface area (Å²) in [5.74, 6) is 1.21. The van der Waals surface area contributed by atoms with Crippen molar-refractivity contribution in [3.8, 4) is 28.5 Å². The standard InChI is InChI=1S/C24H21NO6S/c1-29-18-10-11-20-17(13-18)14-21(25(20)32(27,28)19-7-5-4-6-8-19)23-16(15-26)9-12-22(30-2)24(23)31-3/h4-15H,1-3H3. The van der Waals surface area contributed by atoms with Crippen molar-refractivity contribution in [3.05, 3.63) is 72.3 Å². The summed E-state index contributed by atoms with van der Waals surface area (Å²) in [6.45, 7) is 0. The van der Waals surface area contributed by atoms with Crippen LogP contribution < -0.4 is 14.2 Å². The highest BCUT2D eigenvalue weighted by Gasteiger charge is 2.28. The largest absolute Gasteiger partial charge is 0.497 e. The third-order valence-corrected chi connectivity index (χ3v) is 6.95. The van der Waals surface area contributed by atoms with Crippen molar-refractivity contribution in [2.24, 2.45) is 0 Å². The van der Waals surface area contributed by atoms with Crippen molar-refractivity contribution in [2.45, 2.75) is 4.90 Å². The lowest BCUT2D eigenvalue weighted by molar-refractivity contribution is 0.112. The average Bonchev–Trinajstić information content (AvgIpc) is 3.22. The van der Waals surface area contributed by atoms with E-state index in [1.165, 1.54) is 37.4 Å². The average molecular weight is 452 g/mol. The first-order chi connectivity index (χ1) is 15.5. The number of aldehydes is 1. The number of rotatable bonds is 7. The Kier molecular flexibility index (Phi) is 5.63. The molecule has 0 saturated heterocycles.